The molecular weight excluding hydrogens is 444 g/mol. The maximum Gasteiger partial charge on any atom is 0.338 e. The van der Waals surface area contributed by atoms with Gasteiger partial charge in [0.1, 0.15) is 5.75 Å². The van der Waals surface area contributed by atoms with Crippen LogP contribution in [0.15, 0.2) is 83.8 Å². The third-order valence-corrected chi connectivity index (χ3v) is 6.60. The van der Waals surface area contributed by atoms with Gasteiger partial charge in [0.05, 0.1) is 28.9 Å². The average molecular weight is 469 g/mol. The van der Waals surface area contributed by atoms with Crippen LogP contribution in [0.5, 0.6) is 5.75 Å². The number of carbonyl (C=O) groups is 2. The molecule has 0 heterocycles. The van der Waals surface area contributed by atoms with Crippen molar-refractivity contribution in [3.8, 4) is 5.75 Å². The van der Waals surface area contributed by atoms with Gasteiger partial charge in [-0.15, -0.1) is 0 Å². The van der Waals surface area contributed by atoms with Crippen LogP contribution in [-0.2, 0) is 19.6 Å². The van der Waals surface area contributed by atoms with E-state index in [-0.39, 0.29) is 17.0 Å². The number of carbonyl (C=O) groups excluding carboxylic acids is 2. The lowest BCUT2D eigenvalue weighted by Crippen LogP contribution is -2.30. The second-order valence-corrected chi connectivity index (χ2v) is 8.72. The zero-order valence-electron chi connectivity index (χ0n) is 18.2. The maximum atomic E-state index is 13.2. The highest BCUT2D eigenvalue weighted by molar-refractivity contribution is 7.92. The zero-order chi connectivity index (χ0) is 23.8. The smallest absolute Gasteiger partial charge is 0.338 e. The Balaban J connectivity index is 1.71. The van der Waals surface area contributed by atoms with Gasteiger partial charge in [0, 0.05) is 6.54 Å². The predicted molar refractivity (Wildman–Crippen MR) is 125 cm³/mol. The Bertz CT molecular complexity index is 1230. The van der Waals surface area contributed by atoms with Crippen LogP contribution in [-0.4, -0.2) is 40.6 Å². The maximum absolute atomic E-state index is 13.2. The van der Waals surface area contributed by atoms with Crippen LogP contribution in [0, 0.1) is 0 Å². The molecule has 0 aliphatic heterocycles. The molecule has 1 amide bonds. The number of nitrogens with one attached hydrogen (secondary N) is 1. The van der Waals surface area contributed by atoms with E-state index in [1.165, 1.54) is 35.7 Å². The van der Waals surface area contributed by atoms with Crippen LogP contribution in [0.25, 0.3) is 0 Å². The number of benzene rings is 3. The van der Waals surface area contributed by atoms with E-state index in [0.717, 1.165) is 0 Å². The number of methoxy groups -OCH3 is 1. The molecule has 9 heteroatoms. The second kappa shape index (κ2) is 10.6. The van der Waals surface area contributed by atoms with E-state index >= 15 is 0 Å². The average Bonchev–Trinajstić information content (AvgIpc) is 2.84. The van der Waals surface area contributed by atoms with Gasteiger partial charge in [0.15, 0.2) is 6.61 Å². The van der Waals surface area contributed by atoms with Crippen LogP contribution in [0.3, 0.4) is 0 Å². The van der Waals surface area contributed by atoms with E-state index in [1.54, 1.807) is 61.5 Å². The summed E-state index contributed by atoms with van der Waals surface area (Å²) in [7, 11) is -2.43. The minimum atomic E-state index is -3.91. The lowest BCUT2D eigenvalue weighted by Gasteiger charge is -2.23. The molecule has 0 saturated carbocycles. The summed E-state index contributed by atoms with van der Waals surface area (Å²) in [6, 6.07) is 21.0. The number of esters is 1. The van der Waals surface area contributed by atoms with E-state index in [4.69, 9.17) is 9.47 Å². The summed E-state index contributed by atoms with van der Waals surface area (Å²) in [6.07, 6.45) is 0. The molecule has 8 nitrogen and oxygen atoms in total. The summed E-state index contributed by atoms with van der Waals surface area (Å²) in [4.78, 5) is 24.6. The van der Waals surface area contributed by atoms with Crippen molar-refractivity contribution >= 4 is 33.3 Å². The van der Waals surface area contributed by atoms with Crippen molar-refractivity contribution in [2.24, 2.45) is 0 Å². The number of hydrogen-bond acceptors (Lipinski definition) is 6. The highest BCUT2D eigenvalue weighted by Crippen LogP contribution is 2.24. The number of sulfonamides is 1. The van der Waals surface area contributed by atoms with Gasteiger partial charge in [-0.3, -0.25) is 9.10 Å². The Hall–Kier alpha value is -3.85. The lowest BCUT2D eigenvalue weighted by atomic mass is 10.2. The van der Waals surface area contributed by atoms with Gasteiger partial charge in [-0.2, -0.15) is 0 Å². The largest absolute Gasteiger partial charge is 0.495 e. The Labute approximate surface area is 192 Å². The first-order valence-corrected chi connectivity index (χ1v) is 11.6. The molecule has 0 aromatic heterocycles. The number of anilines is 2. The fraction of sp³-hybridized carbons (Fsp3) is 0.167. The first kappa shape index (κ1) is 23.8. The summed E-state index contributed by atoms with van der Waals surface area (Å²) in [6.45, 7) is 1.39. The van der Waals surface area contributed by atoms with Crippen LogP contribution >= 0.6 is 0 Å². The first-order chi connectivity index (χ1) is 15.9. The minimum Gasteiger partial charge on any atom is -0.495 e. The summed E-state index contributed by atoms with van der Waals surface area (Å²) in [5, 5.41) is 2.60. The molecule has 172 valence electrons. The normalized spacial score (nSPS) is 10.8. The van der Waals surface area contributed by atoms with E-state index < -0.39 is 28.5 Å². The summed E-state index contributed by atoms with van der Waals surface area (Å²) in [5.74, 6) is -0.906. The highest BCUT2D eigenvalue weighted by atomic mass is 32.2. The van der Waals surface area contributed by atoms with E-state index in [1.807, 2.05) is 0 Å². The molecule has 33 heavy (non-hydrogen) atoms. The Kier molecular flexibility index (Phi) is 7.68. The quantitative estimate of drug-likeness (QED) is 0.481. The number of hydrogen-bond donors (Lipinski definition) is 1. The van der Waals surface area contributed by atoms with Crippen LogP contribution < -0.4 is 14.4 Å². The van der Waals surface area contributed by atoms with Crippen molar-refractivity contribution in [2.75, 3.05) is 29.9 Å². The van der Waals surface area contributed by atoms with Gasteiger partial charge >= 0.3 is 5.97 Å². The molecular formula is C24H24N2O6S. The lowest BCUT2D eigenvalue weighted by molar-refractivity contribution is -0.119. The number of amides is 1. The van der Waals surface area contributed by atoms with Gasteiger partial charge in [-0.25, -0.2) is 13.2 Å². The van der Waals surface area contributed by atoms with Crippen molar-refractivity contribution in [3.05, 3.63) is 84.4 Å². The molecule has 0 bridgehead atoms. The van der Waals surface area contributed by atoms with Crippen molar-refractivity contribution in [3.63, 3.8) is 0 Å². The molecule has 0 aliphatic rings. The fourth-order valence-electron chi connectivity index (χ4n) is 3.14. The number of para-hydroxylation sites is 3. The fourth-order valence-corrected chi connectivity index (χ4v) is 4.67. The third kappa shape index (κ3) is 5.69. The van der Waals surface area contributed by atoms with Crippen LogP contribution in [0.4, 0.5) is 11.4 Å². The number of ether oxygens (including phenoxy) is 2. The molecule has 0 radical (unpaired) electrons. The first-order valence-electron chi connectivity index (χ1n) is 10.1. The van der Waals surface area contributed by atoms with Crippen molar-refractivity contribution in [1.29, 1.82) is 0 Å². The predicted octanol–water partition coefficient (Wildman–Crippen LogP) is 3.71. The summed E-state index contributed by atoms with van der Waals surface area (Å²) in [5.41, 5.74) is 0.973. The standard InChI is InChI=1S/C24H24N2O6S/c1-3-26(19-11-5-4-6-12-19)33(29,30)20-13-9-10-18(16-20)24(28)32-17-23(27)25-21-14-7-8-15-22(21)31-2/h4-16H,3,17H2,1-2H3,(H,25,27). The van der Waals surface area contributed by atoms with Crippen LogP contribution in [0.1, 0.15) is 17.3 Å². The van der Waals surface area contributed by atoms with Crippen molar-refractivity contribution in [2.45, 2.75) is 11.8 Å². The Morgan fingerprint density at radius 1 is 0.939 bits per heavy atom. The molecule has 0 spiro atoms. The molecule has 0 atom stereocenters. The van der Waals surface area contributed by atoms with E-state index in [9.17, 15) is 18.0 Å². The van der Waals surface area contributed by atoms with Gasteiger partial charge in [0.2, 0.25) is 0 Å². The molecule has 0 unspecified atom stereocenters. The van der Waals surface area contributed by atoms with Crippen molar-refractivity contribution < 1.29 is 27.5 Å². The number of nitrogens with zero attached hydrogens (tertiary/aromatic N) is 1. The molecule has 3 aromatic rings. The topological polar surface area (TPSA) is 102 Å². The Morgan fingerprint density at radius 2 is 1.64 bits per heavy atom. The summed E-state index contributed by atoms with van der Waals surface area (Å²) < 4.78 is 37.8. The van der Waals surface area contributed by atoms with Gasteiger partial charge in [0.25, 0.3) is 15.9 Å². The molecule has 0 aliphatic carbocycles. The third-order valence-electron chi connectivity index (χ3n) is 4.70. The van der Waals surface area contributed by atoms with E-state index in [2.05, 4.69) is 5.32 Å². The Morgan fingerprint density at radius 3 is 2.33 bits per heavy atom. The molecule has 0 saturated heterocycles. The highest BCUT2D eigenvalue weighted by Gasteiger charge is 2.24. The van der Waals surface area contributed by atoms with E-state index in [0.29, 0.717) is 17.1 Å². The van der Waals surface area contributed by atoms with Crippen molar-refractivity contribution in [1.82, 2.24) is 0 Å². The van der Waals surface area contributed by atoms with Gasteiger partial charge in [-0.05, 0) is 49.4 Å². The summed E-state index contributed by atoms with van der Waals surface area (Å²) >= 11 is 0. The monoisotopic (exact) mass is 468 g/mol. The second-order valence-electron chi connectivity index (χ2n) is 6.86. The molecule has 1 N–H and O–H groups in total. The molecule has 0 fully saturated rings. The van der Waals surface area contributed by atoms with Crippen LogP contribution in [0.2, 0.25) is 0 Å². The zero-order valence-corrected chi connectivity index (χ0v) is 19.0. The van der Waals surface area contributed by atoms with Gasteiger partial charge in [-0.1, -0.05) is 36.4 Å². The molecule has 3 rings (SSSR count). The number of rotatable bonds is 9. The SMILES string of the molecule is CCN(c1ccccc1)S(=O)(=O)c1cccc(C(=O)OCC(=O)Nc2ccccc2OC)c1. The minimum absolute atomic E-state index is 0.0188. The van der Waals surface area contributed by atoms with Gasteiger partial charge < -0.3 is 14.8 Å². The molecule has 3 aromatic carbocycles.